The molecule has 0 aliphatic carbocycles. The fraction of sp³-hybridized carbons (Fsp3) is 1.00. The molecule has 0 saturated heterocycles. The van der Waals surface area contributed by atoms with E-state index in [1.807, 2.05) is 6.92 Å². The molecule has 2 nitrogen and oxygen atoms in total. The maximum absolute atomic E-state index is 10.1. The lowest BCUT2D eigenvalue weighted by atomic mass is 9.87. The molecular weight excluding hydrogens is 176 g/mol. The number of ether oxygens (including phenoxy) is 1. The molecule has 0 bridgehead atoms. The first-order valence-corrected chi connectivity index (χ1v) is 5.98. The van der Waals surface area contributed by atoms with Gasteiger partial charge in [-0.1, -0.05) is 33.6 Å². The van der Waals surface area contributed by atoms with Gasteiger partial charge in [0.15, 0.2) is 0 Å². The van der Waals surface area contributed by atoms with Crippen LogP contribution in [0.4, 0.5) is 0 Å². The van der Waals surface area contributed by atoms with Crippen molar-refractivity contribution >= 4 is 0 Å². The van der Waals surface area contributed by atoms with Crippen molar-refractivity contribution in [3.05, 3.63) is 0 Å². The Labute approximate surface area is 88.7 Å². The highest BCUT2D eigenvalue weighted by atomic mass is 16.5. The molecule has 0 spiro atoms. The molecule has 1 N–H and O–H groups in total. The van der Waals surface area contributed by atoms with E-state index in [4.69, 9.17) is 4.74 Å². The number of hydrogen-bond donors (Lipinski definition) is 1. The zero-order chi connectivity index (χ0) is 11.0. The van der Waals surface area contributed by atoms with Crippen LogP contribution in [0.25, 0.3) is 0 Å². The van der Waals surface area contributed by atoms with Crippen LogP contribution < -0.4 is 0 Å². The lowest BCUT2D eigenvalue weighted by Crippen LogP contribution is -2.44. The van der Waals surface area contributed by atoms with E-state index < -0.39 is 0 Å². The average Bonchev–Trinajstić information content (AvgIpc) is 2.22. The summed E-state index contributed by atoms with van der Waals surface area (Å²) in [6.45, 7) is 9.01. The van der Waals surface area contributed by atoms with Gasteiger partial charge in [0, 0.05) is 6.61 Å². The Hall–Kier alpha value is -0.0800. The number of aliphatic hydroxyl groups is 1. The van der Waals surface area contributed by atoms with Crippen molar-refractivity contribution in [2.75, 3.05) is 6.61 Å². The summed E-state index contributed by atoms with van der Waals surface area (Å²) in [7, 11) is 0. The predicted octanol–water partition coefficient (Wildman–Crippen LogP) is 3.13. The molecular formula is C12H26O2. The molecule has 1 unspecified atom stereocenters. The van der Waals surface area contributed by atoms with Gasteiger partial charge in [-0.3, -0.25) is 0 Å². The lowest BCUT2D eigenvalue weighted by Gasteiger charge is -2.36. The van der Waals surface area contributed by atoms with Gasteiger partial charge in [0.2, 0.25) is 0 Å². The van der Waals surface area contributed by atoms with Crippen LogP contribution in [0.3, 0.4) is 0 Å². The van der Waals surface area contributed by atoms with E-state index in [-0.39, 0.29) is 11.7 Å². The topological polar surface area (TPSA) is 29.5 Å². The largest absolute Gasteiger partial charge is 0.390 e. The van der Waals surface area contributed by atoms with Crippen LogP contribution in [-0.4, -0.2) is 23.4 Å². The summed E-state index contributed by atoms with van der Waals surface area (Å²) in [6, 6.07) is 0. The molecule has 2 heteroatoms. The van der Waals surface area contributed by atoms with Gasteiger partial charge in [0.25, 0.3) is 0 Å². The molecule has 0 aromatic carbocycles. The van der Waals surface area contributed by atoms with E-state index in [9.17, 15) is 5.11 Å². The van der Waals surface area contributed by atoms with Gasteiger partial charge in [-0.25, -0.2) is 0 Å². The minimum absolute atomic E-state index is 0.302. The molecule has 0 aliphatic rings. The van der Waals surface area contributed by atoms with Crippen molar-refractivity contribution in [2.45, 2.75) is 71.5 Å². The maximum Gasteiger partial charge on any atom is 0.0934 e. The van der Waals surface area contributed by atoms with Crippen molar-refractivity contribution in [1.82, 2.24) is 0 Å². The van der Waals surface area contributed by atoms with Crippen LogP contribution in [0.2, 0.25) is 0 Å². The van der Waals surface area contributed by atoms with Crippen LogP contribution in [0, 0.1) is 0 Å². The molecule has 86 valence electrons. The molecule has 0 aliphatic heterocycles. The van der Waals surface area contributed by atoms with Crippen LogP contribution in [0.1, 0.15) is 59.8 Å². The van der Waals surface area contributed by atoms with Crippen LogP contribution in [0.5, 0.6) is 0 Å². The van der Waals surface area contributed by atoms with Crippen molar-refractivity contribution in [3.63, 3.8) is 0 Å². The van der Waals surface area contributed by atoms with E-state index in [0.29, 0.717) is 6.61 Å². The van der Waals surface area contributed by atoms with E-state index in [1.54, 1.807) is 0 Å². The Kier molecular flexibility index (Phi) is 7.20. The fourth-order valence-corrected chi connectivity index (χ4v) is 1.97. The number of hydrogen-bond acceptors (Lipinski definition) is 2. The highest BCUT2D eigenvalue weighted by Crippen LogP contribution is 2.27. The highest BCUT2D eigenvalue weighted by Gasteiger charge is 2.34. The Bertz CT molecular complexity index is 130. The summed E-state index contributed by atoms with van der Waals surface area (Å²) in [6.07, 6.45) is 4.54. The van der Waals surface area contributed by atoms with Gasteiger partial charge in [-0.15, -0.1) is 0 Å². The van der Waals surface area contributed by atoms with E-state index >= 15 is 0 Å². The fourth-order valence-electron chi connectivity index (χ4n) is 1.97. The molecule has 0 radical (unpaired) electrons. The molecule has 0 amide bonds. The van der Waals surface area contributed by atoms with Crippen molar-refractivity contribution < 1.29 is 9.84 Å². The monoisotopic (exact) mass is 202 g/mol. The first-order valence-electron chi connectivity index (χ1n) is 5.98. The minimum atomic E-state index is -0.308. The summed E-state index contributed by atoms with van der Waals surface area (Å²) in [5.41, 5.74) is -0.302. The second-order valence-electron chi connectivity index (χ2n) is 3.86. The van der Waals surface area contributed by atoms with Gasteiger partial charge in [0.05, 0.1) is 11.7 Å². The average molecular weight is 202 g/mol. The molecule has 14 heavy (non-hydrogen) atoms. The highest BCUT2D eigenvalue weighted by molar-refractivity contribution is 4.86. The number of unbranched alkanes of at least 4 members (excludes halogenated alkanes) is 1. The van der Waals surface area contributed by atoms with Gasteiger partial charge in [-0.05, 0) is 26.2 Å². The quantitative estimate of drug-likeness (QED) is 0.655. The zero-order valence-electron chi connectivity index (χ0n) is 10.2. The Balaban J connectivity index is 4.28. The Morgan fingerprint density at radius 2 is 1.71 bits per heavy atom. The van der Waals surface area contributed by atoms with Crippen LogP contribution in [0.15, 0.2) is 0 Å². The van der Waals surface area contributed by atoms with Crippen LogP contribution in [-0.2, 0) is 4.74 Å². The van der Waals surface area contributed by atoms with Crippen LogP contribution >= 0.6 is 0 Å². The molecule has 0 heterocycles. The number of aliphatic hydroxyl groups excluding tert-OH is 1. The molecule has 0 aromatic heterocycles. The minimum Gasteiger partial charge on any atom is -0.390 e. The van der Waals surface area contributed by atoms with E-state index in [2.05, 4.69) is 20.8 Å². The third-order valence-corrected chi connectivity index (χ3v) is 3.07. The summed E-state index contributed by atoms with van der Waals surface area (Å²) in [5, 5.41) is 10.1. The van der Waals surface area contributed by atoms with Gasteiger partial charge < -0.3 is 9.84 Å². The van der Waals surface area contributed by atoms with Gasteiger partial charge >= 0.3 is 0 Å². The molecule has 0 aromatic rings. The van der Waals surface area contributed by atoms with Crippen molar-refractivity contribution in [2.24, 2.45) is 0 Å². The molecule has 1 atom stereocenters. The van der Waals surface area contributed by atoms with E-state index in [0.717, 1.165) is 32.1 Å². The third kappa shape index (κ3) is 3.58. The Morgan fingerprint density at radius 1 is 1.14 bits per heavy atom. The van der Waals surface area contributed by atoms with Gasteiger partial charge in [0.1, 0.15) is 0 Å². The molecule has 0 saturated carbocycles. The Morgan fingerprint density at radius 3 is 2.07 bits per heavy atom. The van der Waals surface area contributed by atoms with Gasteiger partial charge in [-0.2, -0.15) is 0 Å². The normalized spacial score (nSPS) is 14.4. The standard InChI is InChI=1S/C12H26O2/c1-5-9-10-11(13)12(6-2,7-3)14-8-4/h11,13H,5-10H2,1-4H3. The third-order valence-electron chi connectivity index (χ3n) is 3.07. The summed E-state index contributed by atoms with van der Waals surface area (Å²) in [4.78, 5) is 0. The predicted molar refractivity (Wildman–Crippen MR) is 60.5 cm³/mol. The zero-order valence-corrected chi connectivity index (χ0v) is 10.2. The second kappa shape index (κ2) is 7.24. The first-order chi connectivity index (χ1) is 6.66. The van der Waals surface area contributed by atoms with Crippen molar-refractivity contribution in [1.29, 1.82) is 0 Å². The number of rotatable bonds is 8. The second-order valence-corrected chi connectivity index (χ2v) is 3.86. The maximum atomic E-state index is 10.1. The summed E-state index contributed by atoms with van der Waals surface area (Å²) < 4.78 is 5.74. The van der Waals surface area contributed by atoms with E-state index in [1.165, 1.54) is 0 Å². The smallest absolute Gasteiger partial charge is 0.0934 e. The summed E-state index contributed by atoms with van der Waals surface area (Å²) in [5.74, 6) is 0. The van der Waals surface area contributed by atoms with Crippen molar-refractivity contribution in [3.8, 4) is 0 Å². The summed E-state index contributed by atoms with van der Waals surface area (Å²) >= 11 is 0. The lowest BCUT2D eigenvalue weighted by molar-refractivity contribution is -0.127. The SMILES string of the molecule is CCCCC(O)C(CC)(CC)OCC. The molecule has 0 rings (SSSR count). The molecule has 0 fully saturated rings. The first kappa shape index (κ1) is 13.9.